The highest BCUT2D eigenvalue weighted by molar-refractivity contribution is 6.22. The van der Waals surface area contributed by atoms with E-state index in [0.717, 1.165) is 21.7 Å². The van der Waals surface area contributed by atoms with E-state index in [9.17, 15) is 19.5 Å². The molecule has 8 nitrogen and oxygen atoms in total. The minimum absolute atomic E-state index is 0.0290. The first-order valence-corrected chi connectivity index (χ1v) is 16.6. The predicted octanol–water partition coefficient (Wildman–Crippen LogP) is 6.53. The van der Waals surface area contributed by atoms with Crippen molar-refractivity contribution < 1.29 is 24.3 Å². The maximum Gasteiger partial charge on any atom is 0.260 e. The number of aryl methyl sites for hydroxylation is 1. The number of phenols is 1. The van der Waals surface area contributed by atoms with Crippen LogP contribution in [0.15, 0.2) is 121 Å². The van der Waals surface area contributed by atoms with Gasteiger partial charge < -0.3 is 5.11 Å². The lowest BCUT2D eigenvalue weighted by atomic mass is 9.49. The Hall–Kier alpha value is -5.76. The number of hydrazine groups is 1. The molecule has 2 aliphatic carbocycles. The van der Waals surface area contributed by atoms with Gasteiger partial charge in [-0.2, -0.15) is 5.01 Å². The standard InChI is InChI=1S/C41H35N3O5/c1-3-25-14-18-29(19-15-25)43-37(46)32-21-20-31-33(35(32)39(43)48)23-34-38(47)44(42-28-16-12-24(2)13-17-28)40(49)41(34,27-9-5-4-6-10-27)36(31)26-8-7-11-30(45)22-26/h3-20,22,32-36,42,45H,1,21,23H2,2H3. The summed E-state index contributed by atoms with van der Waals surface area (Å²) >= 11 is 0. The van der Waals surface area contributed by atoms with Crippen LogP contribution in [-0.2, 0) is 24.6 Å². The lowest BCUT2D eigenvalue weighted by molar-refractivity contribution is -0.138. The fourth-order valence-corrected chi connectivity index (χ4v) is 8.84. The molecule has 8 rings (SSSR count). The van der Waals surface area contributed by atoms with Gasteiger partial charge >= 0.3 is 0 Å². The van der Waals surface area contributed by atoms with E-state index in [-0.39, 0.29) is 24.0 Å². The van der Waals surface area contributed by atoms with Gasteiger partial charge in [-0.1, -0.05) is 96.6 Å². The predicted molar refractivity (Wildman–Crippen MR) is 186 cm³/mol. The summed E-state index contributed by atoms with van der Waals surface area (Å²) in [5.74, 6) is -4.68. The van der Waals surface area contributed by atoms with Crippen molar-refractivity contribution in [3.05, 3.63) is 144 Å². The number of nitrogens with zero attached hydrogens (tertiary/aromatic N) is 2. The van der Waals surface area contributed by atoms with Crippen molar-refractivity contribution in [3.8, 4) is 5.75 Å². The summed E-state index contributed by atoms with van der Waals surface area (Å²) in [6.45, 7) is 5.76. The van der Waals surface area contributed by atoms with Gasteiger partial charge in [0.1, 0.15) is 5.75 Å². The summed E-state index contributed by atoms with van der Waals surface area (Å²) in [5.41, 5.74) is 6.91. The number of benzene rings is 4. The van der Waals surface area contributed by atoms with Crippen LogP contribution in [0.5, 0.6) is 5.75 Å². The minimum atomic E-state index is -1.38. The van der Waals surface area contributed by atoms with Crippen molar-refractivity contribution in [2.24, 2.45) is 23.7 Å². The molecule has 4 aromatic carbocycles. The molecule has 6 unspecified atom stereocenters. The number of allylic oxidation sites excluding steroid dienone is 2. The Morgan fingerprint density at radius 1 is 0.837 bits per heavy atom. The highest BCUT2D eigenvalue weighted by atomic mass is 16.3. The van der Waals surface area contributed by atoms with Gasteiger partial charge in [0, 0.05) is 5.92 Å². The Bertz CT molecular complexity index is 2050. The molecule has 49 heavy (non-hydrogen) atoms. The smallest absolute Gasteiger partial charge is 0.260 e. The molecule has 0 radical (unpaired) electrons. The molecule has 6 atom stereocenters. The number of carbonyl (C=O) groups is 4. The zero-order valence-electron chi connectivity index (χ0n) is 27.0. The largest absolute Gasteiger partial charge is 0.508 e. The number of aromatic hydroxyl groups is 1. The van der Waals surface area contributed by atoms with Crippen molar-refractivity contribution in [1.29, 1.82) is 0 Å². The molecule has 8 heteroatoms. The molecule has 4 amide bonds. The van der Waals surface area contributed by atoms with E-state index in [1.54, 1.807) is 36.4 Å². The second-order valence-electron chi connectivity index (χ2n) is 13.5. The molecule has 0 aromatic heterocycles. The zero-order valence-corrected chi connectivity index (χ0v) is 27.0. The Morgan fingerprint density at radius 2 is 1.57 bits per heavy atom. The van der Waals surface area contributed by atoms with Crippen LogP contribution in [0.4, 0.5) is 11.4 Å². The Balaban J connectivity index is 1.30. The first-order valence-electron chi connectivity index (χ1n) is 16.6. The van der Waals surface area contributed by atoms with E-state index >= 15 is 4.79 Å². The van der Waals surface area contributed by atoms with Crippen LogP contribution < -0.4 is 10.3 Å². The van der Waals surface area contributed by atoms with E-state index < -0.39 is 46.8 Å². The molecule has 3 fully saturated rings. The third-order valence-electron chi connectivity index (χ3n) is 11.0. The number of anilines is 2. The highest BCUT2D eigenvalue weighted by Gasteiger charge is 2.70. The van der Waals surface area contributed by atoms with E-state index in [2.05, 4.69) is 12.0 Å². The molecular weight excluding hydrogens is 614 g/mol. The monoisotopic (exact) mass is 649 g/mol. The number of amides is 4. The van der Waals surface area contributed by atoms with Crippen LogP contribution in [0.3, 0.4) is 0 Å². The number of imide groups is 2. The van der Waals surface area contributed by atoms with Crippen LogP contribution >= 0.6 is 0 Å². The molecular formula is C41H35N3O5. The molecule has 4 aliphatic rings. The van der Waals surface area contributed by atoms with Crippen LogP contribution in [0.25, 0.3) is 6.08 Å². The van der Waals surface area contributed by atoms with Crippen LogP contribution in [-0.4, -0.2) is 33.7 Å². The maximum absolute atomic E-state index is 15.1. The average molecular weight is 650 g/mol. The second kappa shape index (κ2) is 11.4. The first-order chi connectivity index (χ1) is 23.7. The quantitative estimate of drug-likeness (QED) is 0.182. The first kappa shape index (κ1) is 30.6. The summed E-state index contributed by atoms with van der Waals surface area (Å²) in [6.07, 6.45) is 4.24. The van der Waals surface area contributed by atoms with E-state index in [0.29, 0.717) is 28.9 Å². The van der Waals surface area contributed by atoms with Crippen molar-refractivity contribution in [3.63, 3.8) is 0 Å². The fraction of sp³-hybridized carbons (Fsp3) is 0.220. The Kier molecular flexibility index (Phi) is 7.14. The average Bonchev–Trinajstić information content (AvgIpc) is 3.50. The van der Waals surface area contributed by atoms with Gasteiger partial charge in [0.2, 0.25) is 11.8 Å². The van der Waals surface area contributed by atoms with Crippen molar-refractivity contribution in [2.45, 2.75) is 31.1 Å². The summed E-state index contributed by atoms with van der Waals surface area (Å²) in [7, 11) is 0. The second-order valence-corrected chi connectivity index (χ2v) is 13.5. The van der Waals surface area contributed by atoms with Crippen LogP contribution in [0, 0.1) is 30.6 Å². The third kappa shape index (κ3) is 4.50. The Morgan fingerprint density at radius 3 is 2.27 bits per heavy atom. The molecule has 2 N–H and O–H groups in total. The molecule has 244 valence electrons. The summed E-state index contributed by atoms with van der Waals surface area (Å²) < 4.78 is 0. The maximum atomic E-state index is 15.1. The number of hydrogen-bond donors (Lipinski definition) is 2. The molecule has 4 aromatic rings. The van der Waals surface area contributed by atoms with Crippen LogP contribution in [0.1, 0.15) is 41.0 Å². The van der Waals surface area contributed by atoms with Gasteiger partial charge in [0.25, 0.3) is 11.8 Å². The summed E-state index contributed by atoms with van der Waals surface area (Å²) in [5, 5.41) is 11.9. The van der Waals surface area contributed by atoms with E-state index in [1.165, 1.54) is 4.90 Å². The topological polar surface area (TPSA) is 107 Å². The molecule has 0 bridgehead atoms. The molecule has 1 saturated carbocycles. The van der Waals surface area contributed by atoms with E-state index in [1.807, 2.05) is 85.8 Å². The number of hydrogen-bond acceptors (Lipinski definition) is 6. The van der Waals surface area contributed by atoms with Crippen molar-refractivity contribution in [2.75, 3.05) is 10.3 Å². The highest BCUT2D eigenvalue weighted by Crippen LogP contribution is 2.64. The third-order valence-corrected chi connectivity index (χ3v) is 11.0. The molecule has 2 saturated heterocycles. The number of rotatable bonds is 6. The summed E-state index contributed by atoms with van der Waals surface area (Å²) in [4.78, 5) is 59.5. The Labute approximate surface area is 284 Å². The molecule has 2 aliphatic heterocycles. The molecule has 2 heterocycles. The lowest BCUT2D eigenvalue weighted by Gasteiger charge is -2.50. The SMILES string of the molecule is C=Cc1ccc(N2C(=O)C3CC=C4C(CC5C(=O)N(Nc6ccc(C)cc6)C(=O)C5(c5ccccc5)C4c4cccc(O)c4)C3C2=O)cc1. The normalized spacial score (nSPS) is 27.4. The summed E-state index contributed by atoms with van der Waals surface area (Å²) in [6, 6.07) is 30.8. The van der Waals surface area contributed by atoms with Gasteiger partial charge in [-0.05, 0) is 78.8 Å². The number of phenolic OH excluding ortho intramolecular Hbond substituents is 1. The van der Waals surface area contributed by atoms with Crippen LogP contribution in [0.2, 0.25) is 0 Å². The number of nitrogens with one attached hydrogen (secondary N) is 1. The van der Waals surface area contributed by atoms with Gasteiger partial charge in [0.15, 0.2) is 0 Å². The molecule has 0 spiro atoms. The van der Waals surface area contributed by atoms with Gasteiger partial charge in [-0.3, -0.25) is 29.5 Å². The lowest BCUT2D eigenvalue weighted by Crippen LogP contribution is -2.53. The van der Waals surface area contributed by atoms with Gasteiger partial charge in [-0.25, -0.2) is 0 Å². The minimum Gasteiger partial charge on any atom is -0.508 e. The fourth-order valence-electron chi connectivity index (χ4n) is 8.84. The van der Waals surface area contributed by atoms with Gasteiger partial charge in [-0.15, -0.1) is 0 Å². The van der Waals surface area contributed by atoms with Crippen molar-refractivity contribution >= 4 is 41.1 Å². The number of fused-ring (bicyclic) bond motifs is 4. The van der Waals surface area contributed by atoms with E-state index in [4.69, 9.17) is 0 Å². The zero-order chi connectivity index (χ0) is 34.0. The van der Waals surface area contributed by atoms with Crippen molar-refractivity contribution in [1.82, 2.24) is 5.01 Å². The van der Waals surface area contributed by atoms with Gasteiger partial charge in [0.05, 0.1) is 34.5 Å². The number of carbonyl (C=O) groups excluding carboxylic acids is 4.